The summed E-state index contributed by atoms with van der Waals surface area (Å²) in [5.74, 6) is 2.43. The molecule has 4 fully saturated rings. The molecule has 0 aromatic rings. The van der Waals surface area contributed by atoms with Crippen molar-refractivity contribution in [3.8, 4) is 0 Å². The van der Waals surface area contributed by atoms with Gasteiger partial charge in [-0.25, -0.2) is 4.79 Å². The van der Waals surface area contributed by atoms with Gasteiger partial charge >= 0.3 is 11.9 Å². The molecule has 4 bridgehead atoms. The molecule has 4 rings (SSSR count). The van der Waals surface area contributed by atoms with E-state index in [1.54, 1.807) is 6.92 Å². The molecule has 4 heteroatoms. The largest absolute Gasteiger partial charge is 0.462 e. The molecule has 0 aliphatic heterocycles. The number of esters is 2. The number of hydrogen-bond donors (Lipinski definition) is 0. The Balaban J connectivity index is 1.40. The van der Waals surface area contributed by atoms with Gasteiger partial charge in [0.25, 0.3) is 0 Å². The van der Waals surface area contributed by atoms with Crippen LogP contribution in [-0.2, 0) is 19.1 Å². The fourth-order valence-corrected chi connectivity index (χ4v) is 5.24. The Kier molecular flexibility index (Phi) is 5.03. The van der Waals surface area contributed by atoms with Crippen LogP contribution in [0.1, 0.15) is 65.2 Å². The lowest BCUT2D eigenvalue weighted by atomic mass is 9.50. The number of unbranched alkanes of at least 4 members (excludes halogenated alkanes) is 1. The fraction of sp³-hybridized carbons (Fsp3) is 0.800. The first-order chi connectivity index (χ1) is 11.4. The molecule has 0 unspecified atom stereocenters. The van der Waals surface area contributed by atoms with E-state index in [2.05, 4.69) is 13.5 Å². The lowest BCUT2D eigenvalue weighted by Crippen LogP contribution is -2.57. The number of ether oxygens (including phenoxy) is 2. The van der Waals surface area contributed by atoms with Gasteiger partial charge in [-0.2, -0.15) is 0 Å². The van der Waals surface area contributed by atoms with E-state index in [4.69, 9.17) is 9.47 Å². The zero-order valence-electron chi connectivity index (χ0n) is 15.0. The lowest BCUT2D eigenvalue weighted by Gasteiger charge is -2.59. The minimum Gasteiger partial charge on any atom is -0.462 e. The van der Waals surface area contributed by atoms with Crippen molar-refractivity contribution < 1.29 is 19.1 Å². The van der Waals surface area contributed by atoms with Gasteiger partial charge in [0, 0.05) is 12.0 Å². The van der Waals surface area contributed by atoms with Crippen LogP contribution in [0.4, 0.5) is 0 Å². The summed E-state index contributed by atoms with van der Waals surface area (Å²) in [6.07, 6.45) is 8.16. The molecule has 0 amide bonds. The summed E-state index contributed by atoms with van der Waals surface area (Å²) in [5.41, 5.74) is 0.168. The molecule has 4 aliphatic carbocycles. The predicted octanol–water partition coefficient (Wildman–Crippen LogP) is 4.03. The van der Waals surface area contributed by atoms with Gasteiger partial charge in [0.1, 0.15) is 5.60 Å². The smallest absolute Gasteiger partial charge is 0.333 e. The van der Waals surface area contributed by atoms with Crippen molar-refractivity contribution in [3.05, 3.63) is 12.2 Å². The maximum absolute atomic E-state index is 12.3. The Morgan fingerprint density at radius 3 is 2.17 bits per heavy atom. The fourth-order valence-electron chi connectivity index (χ4n) is 5.24. The molecule has 134 valence electrons. The summed E-state index contributed by atoms with van der Waals surface area (Å²) in [6.45, 7) is 7.68. The second kappa shape index (κ2) is 6.89. The highest BCUT2D eigenvalue weighted by Gasteiger charge is 2.56. The topological polar surface area (TPSA) is 52.6 Å². The lowest BCUT2D eigenvalue weighted by molar-refractivity contribution is -0.203. The first kappa shape index (κ1) is 17.5. The maximum atomic E-state index is 12.3. The van der Waals surface area contributed by atoms with Crippen LogP contribution >= 0.6 is 0 Å². The van der Waals surface area contributed by atoms with Crippen LogP contribution in [0.15, 0.2) is 12.2 Å². The number of carbonyl (C=O) groups is 2. The van der Waals surface area contributed by atoms with Crippen molar-refractivity contribution in [3.63, 3.8) is 0 Å². The summed E-state index contributed by atoms with van der Waals surface area (Å²) in [5, 5.41) is 0. The maximum Gasteiger partial charge on any atom is 0.333 e. The minimum absolute atomic E-state index is 0.0869. The normalized spacial score (nSPS) is 36.4. The van der Waals surface area contributed by atoms with Crippen LogP contribution in [0.25, 0.3) is 0 Å². The molecular formula is C20H30O4. The number of carbonyl (C=O) groups excluding carboxylic acids is 2. The van der Waals surface area contributed by atoms with Gasteiger partial charge in [-0.15, -0.1) is 0 Å². The Labute approximate surface area is 145 Å². The van der Waals surface area contributed by atoms with E-state index in [1.807, 2.05) is 0 Å². The van der Waals surface area contributed by atoms with Crippen molar-refractivity contribution in [2.45, 2.75) is 70.8 Å². The van der Waals surface area contributed by atoms with E-state index < -0.39 is 0 Å². The van der Waals surface area contributed by atoms with Crippen LogP contribution in [0.3, 0.4) is 0 Å². The van der Waals surface area contributed by atoms with E-state index in [0.29, 0.717) is 43.3 Å². The van der Waals surface area contributed by atoms with Gasteiger partial charge in [-0.1, -0.05) is 6.58 Å². The van der Waals surface area contributed by atoms with Crippen LogP contribution in [-0.4, -0.2) is 24.1 Å². The summed E-state index contributed by atoms with van der Waals surface area (Å²) < 4.78 is 11.1. The van der Waals surface area contributed by atoms with Crippen molar-refractivity contribution in [2.24, 2.45) is 23.7 Å². The summed E-state index contributed by atoms with van der Waals surface area (Å²) in [7, 11) is 0. The number of rotatable bonds is 7. The van der Waals surface area contributed by atoms with Crippen LogP contribution in [0, 0.1) is 23.7 Å². The van der Waals surface area contributed by atoms with Crippen LogP contribution in [0.2, 0.25) is 0 Å². The molecule has 0 radical (unpaired) electrons. The third-order valence-corrected chi connectivity index (χ3v) is 6.45. The van der Waals surface area contributed by atoms with Crippen LogP contribution in [0.5, 0.6) is 0 Å². The van der Waals surface area contributed by atoms with Gasteiger partial charge in [0.15, 0.2) is 0 Å². The van der Waals surface area contributed by atoms with Crippen molar-refractivity contribution in [1.82, 2.24) is 0 Å². The summed E-state index contributed by atoms with van der Waals surface area (Å²) in [4.78, 5) is 23.6. The third-order valence-electron chi connectivity index (χ3n) is 6.45. The Morgan fingerprint density at radius 2 is 1.62 bits per heavy atom. The average Bonchev–Trinajstić information content (AvgIpc) is 2.51. The van der Waals surface area contributed by atoms with Crippen molar-refractivity contribution >= 4 is 11.9 Å². The third kappa shape index (κ3) is 3.52. The highest BCUT2D eigenvalue weighted by atomic mass is 16.6. The van der Waals surface area contributed by atoms with Crippen molar-refractivity contribution in [2.75, 3.05) is 6.61 Å². The van der Waals surface area contributed by atoms with Crippen molar-refractivity contribution in [1.29, 1.82) is 0 Å². The zero-order valence-corrected chi connectivity index (χ0v) is 15.0. The molecule has 24 heavy (non-hydrogen) atoms. The Bertz CT molecular complexity index is 494. The molecule has 0 saturated heterocycles. The monoisotopic (exact) mass is 334 g/mol. The second-order valence-electron chi connectivity index (χ2n) is 8.34. The van der Waals surface area contributed by atoms with E-state index in [9.17, 15) is 9.59 Å². The van der Waals surface area contributed by atoms with E-state index in [1.165, 1.54) is 32.1 Å². The summed E-state index contributed by atoms with van der Waals surface area (Å²) >= 11 is 0. The quantitative estimate of drug-likeness (QED) is 0.401. The molecule has 4 nitrogen and oxygen atoms in total. The molecule has 0 N–H and O–H groups in total. The molecule has 0 aromatic carbocycles. The Morgan fingerprint density at radius 1 is 1.04 bits per heavy atom. The highest BCUT2D eigenvalue weighted by Crippen LogP contribution is 2.59. The van der Waals surface area contributed by atoms with Gasteiger partial charge in [-0.05, 0) is 82.5 Å². The molecule has 4 saturated carbocycles. The number of hydrogen-bond acceptors (Lipinski definition) is 4. The average molecular weight is 334 g/mol. The van der Waals surface area contributed by atoms with Crippen LogP contribution < -0.4 is 0 Å². The van der Waals surface area contributed by atoms with E-state index in [0.717, 1.165) is 11.8 Å². The van der Waals surface area contributed by atoms with Gasteiger partial charge in [0.2, 0.25) is 0 Å². The van der Waals surface area contributed by atoms with E-state index in [-0.39, 0.29) is 17.5 Å². The Hall–Kier alpha value is -1.32. The molecule has 0 spiro atoms. The van der Waals surface area contributed by atoms with Gasteiger partial charge < -0.3 is 9.47 Å². The van der Waals surface area contributed by atoms with Gasteiger partial charge in [0.05, 0.1) is 6.61 Å². The first-order valence-electron chi connectivity index (χ1n) is 9.43. The zero-order chi connectivity index (χ0) is 17.3. The molecule has 4 aliphatic rings. The highest BCUT2D eigenvalue weighted by molar-refractivity contribution is 5.86. The molecular weight excluding hydrogens is 304 g/mol. The second-order valence-corrected chi connectivity index (χ2v) is 8.34. The standard InChI is InChI=1S/C20H30O4/c1-13(2)19(22)23-7-5-4-6-18(21)24-20(3)16-9-14-8-15(11-16)12-17(20)10-14/h14-17H,1,4-12H2,2-3H3. The SMILES string of the molecule is C=C(C)C(=O)OCCCCC(=O)OC1(C)C2CC3CC(C2)CC1C3. The molecule has 0 atom stereocenters. The molecule has 0 heterocycles. The minimum atomic E-state index is -0.362. The molecule has 0 aromatic heterocycles. The first-order valence-corrected chi connectivity index (χ1v) is 9.43. The summed E-state index contributed by atoms with van der Waals surface area (Å²) in [6, 6.07) is 0. The van der Waals surface area contributed by atoms with E-state index >= 15 is 0 Å². The van der Waals surface area contributed by atoms with Gasteiger partial charge in [-0.3, -0.25) is 4.79 Å². The predicted molar refractivity (Wildman–Crippen MR) is 91.2 cm³/mol.